The topological polar surface area (TPSA) is 37.8 Å². The minimum atomic E-state index is 0.449. The number of nitrogens with one attached hydrogen (secondary N) is 1. The second-order valence-electron chi connectivity index (χ2n) is 7.65. The molecule has 1 heterocycles. The molecule has 1 aromatic heterocycles. The second kappa shape index (κ2) is 6.42. The fraction of sp³-hybridized carbons (Fsp3) is 0.875. The lowest BCUT2D eigenvalue weighted by molar-refractivity contribution is 0.167. The van der Waals surface area contributed by atoms with E-state index in [1.807, 2.05) is 0 Å². The van der Waals surface area contributed by atoms with Crippen LogP contribution in [0.4, 0.5) is 5.13 Å². The van der Waals surface area contributed by atoms with E-state index in [0.717, 1.165) is 23.4 Å². The van der Waals surface area contributed by atoms with Crippen LogP contribution in [0, 0.1) is 17.3 Å². The summed E-state index contributed by atoms with van der Waals surface area (Å²) in [5, 5.41) is 4.37. The molecular weight excluding hydrogens is 266 g/mol. The molecule has 0 radical (unpaired) electrons. The van der Waals surface area contributed by atoms with E-state index in [1.165, 1.54) is 37.2 Å². The summed E-state index contributed by atoms with van der Waals surface area (Å²) in [6.45, 7) is 12.5. The van der Waals surface area contributed by atoms with Crippen molar-refractivity contribution in [3.05, 3.63) is 5.82 Å². The van der Waals surface area contributed by atoms with Gasteiger partial charge in [-0.1, -0.05) is 34.6 Å². The van der Waals surface area contributed by atoms with E-state index in [9.17, 15) is 0 Å². The number of rotatable bonds is 4. The van der Waals surface area contributed by atoms with Crippen LogP contribution in [0.1, 0.15) is 72.0 Å². The normalized spacial score (nSPS) is 24.1. The van der Waals surface area contributed by atoms with Crippen LogP contribution in [-0.4, -0.2) is 15.9 Å². The Morgan fingerprint density at radius 3 is 2.40 bits per heavy atom. The van der Waals surface area contributed by atoms with Gasteiger partial charge in [0, 0.05) is 24.0 Å². The Morgan fingerprint density at radius 1 is 1.20 bits per heavy atom. The van der Waals surface area contributed by atoms with Crippen LogP contribution in [0.2, 0.25) is 0 Å². The molecule has 0 atom stereocenters. The molecule has 4 heteroatoms. The minimum Gasteiger partial charge on any atom is -0.360 e. The van der Waals surface area contributed by atoms with Crippen molar-refractivity contribution in [2.75, 3.05) is 11.9 Å². The Hall–Kier alpha value is -0.640. The lowest BCUT2D eigenvalue weighted by Crippen LogP contribution is -2.25. The average Bonchev–Trinajstić information content (AvgIpc) is 2.84. The van der Waals surface area contributed by atoms with Crippen LogP contribution in [-0.2, 0) is 0 Å². The maximum atomic E-state index is 4.69. The molecule has 0 saturated heterocycles. The Labute approximate surface area is 127 Å². The van der Waals surface area contributed by atoms with Crippen LogP contribution in [0.3, 0.4) is 0 Å². The summed E-state index contributed by atoms with van der Waals surface area (Å²) in [7, 11) is 0. The molecule has 1 saturated carbocycles. The van der Waals surface area contributed by atoms with E-state index in [4.69, 9.17) is 0 Å². The number of nitrogens with zero attached hydrogens (tertiary/aromatic N) is 2. The highest BCUT2D eigenvalue weighted by Gasteiger charge is 2.31. The third kappa shape index (κ3) is 4.18. The van der Waals surface area contributed by atoms with Crippen LogP contribution in [0.15, 0.2) is 0 Å². The zero-order chi connectivity index (χ0) is 14.8. The van der Waals surface area contributed by atoms with Crippen molar-refractivity contribution in [2.45, 2.75) is 66.2 Å². The molecule has 1 aliphatic carbocycles. The summed E-state index contributed by atoms with van der Waals surface area (Å²) in [4.78, 5) is 4.69. The zero-order valence-electron chi connectivity index (χ0n) is 13.6. The molecule has 0 amide bonds. The average molecular weight is 295 g/mol. The highest BCUT2D eigenvalue weighted by Crippen LogP contribution is 2.42. The maximum absolute atomic E-state index is 4.69. The number of hydrogen-bond donors (Lipinski definition) is 1. The Bertz CT molecular complexity index is 412. The summed E-state index contributed by atoms with van der Waals surface area (Å²) in [5.41, 5.74) is 0.449. The molecule has 1 aliphatic rings. The predicted molar refractivity (Wildman–Crippen MR) is 87.4 cm³/mol. The first-order chi connectivity index (χ1) is 9.36. The van der Waals surface area contributed by atoms with Crippen molar-refractivity contribution in [2.24, 2.45) is 17.3 Å². The molecular formula is C16H29N3S. The lowest BCUT2D eigenvalue weighted by Gasteiger charge is -2.36. The monoisotopic (exact) mass is 295 g/mol. The van der Waals surface area contributed by atoms with E-state index in [1.54, 1.807) is 0 Å². The molecule has 1 aromatic rings. The largest absolute Gasteiger partial charge is 0.360 e. The Balaban J connectivity index is 1.88. The van der Waals surface area contributed by atoms with Crippen LogP contribution < -0.4 is 5.32 Å². The fourth-order valence-corrected chi connectivity index (χ4v) is 3.63. The van der Waals surface area contributed by atoms with Crippen molar-refractivity contribution in [3.63, 3.8) is 0 Å². The molecule has 1 N–H and O–H groups in total. The van der Waals surface area contributed by atoms with Crippen molar-refractivity contribution >= 4 is 16.7 Å². The van der Waals surface area contributed by atoms with E-state index in [0.29, 0.717) is 17.3 Å². The van der Waals surface area contributed by atoms with Crippen LogP contribution in [0.25, 0.3) is 0 Å². The van der Waals surface area contributed by atoms with Gasteiger partial charge in [-0.3, -0.25) is 0 Å². The molecule has 0 unspecified atom stereocenters. The summed E-state index contributed by atoms with van der Waals surface area (Å²) in [6.07, 6.45) is 5.15. The summed E-state index contributed by atoms with van der Waals surface area (Å²) in [6, 6.07) is 0. The van der Waals surface area contributed by atoms with E-state index in [2.05, 4.69) is 49.3 Å². The fourth-order valence-electron chi connectivity index (χ4n) is 2.98. The Kier molecular flexibility index (Phi) is 5.05. The van der Waals surface area contributed by atoms with Gasteiger partial charge in [0.2, 0.25) is 5.13 Å². The Morgan fingerprint density at radius 2 is 1.85 bits per heavy atom. The van der Waals surface area contributed by atoms with E-state index >= 15 is 0 Å². The van der Waals surface area contributed by atoms with Gasteiger partial charge in [-0.15, -0.1) is 0 Å². The third-order valence-corrected chi connectivity index (χ3v) is 5.11. The first kappa shape index (κ1) is 15.7. The van der Waals surface area contributed by atoms with Gasteiger partial charge in [0.25, 0.3) is 0 Å². The van der Waals surface area contributed by atoms with E-state index in [-0.39, 0.29) is 0 Å². The highest BCUT2D eigenvalue weighted by molar-refractivity contribution is 7.09. The highest BCUT2D eigenvalue weighted by atomic mass is 32.1. The molecule has 114 valence electrons. The molecule has 0 spiro atoms. The molecule has 0 bridgehead atoms. The molecule has 3 nitrogen and oxygen atoms in total. The van der Waals surface area contributed by atoms with Gasteiger partial charge < -0.3 is 5.32 Å². The van der Waals surface area contributed by atoms with Crippen molar-refractivity contribution in [1.82, 2.24) is 9.36 Å². The number of hydrogen-bond acceptors (Lipinski definition) is 4. The maximum Gasteiger partial charge on any atom is 0.202 e. The van der Waals surface area contributed by atoms with E-state index < -0.39 is 0 Å². The zero-order valence-corrected chi connectivity index (χ0v) is 14.4. The van der Waals surface area contributed by atoms with Gasteiger partial charge in [-0.05, 0) is 42.9 Å². The molecule has 1 fully saturated rings. The van der Waals surface area contributed by atoms with Gasteiger partial charge in [-0.2, -0.15) is 4.37 Å². The van der Waals surface area contributed by atoms with Crippen molar-refractivity contribution < 1.29 is 0 Å². The summed E-state index contributed by atoms with van der Waals surface area (Å²) < 4.78 is 4.57. The predicted octanol–water partition coefficient (Wildman–Crippen LogP) is 4.93. The minimum absolute atomic E-state index is 0.449. The molecule has 20 heavy (non-hydrogen) atoms. The lowest BCUT2D eigenvalue weighted by atomic mass is 9.70. The molecule has 0 aliphatic heterocycles. The quantitative estimate of drug-likeness (QED) is 0.856. The molecule has 2 rings (SSSR count). The van der Waals surface area contributed by atoms with Crippen molar-refractivity contribution in [1.29, 1.82) is 0 Å². The first-order valence-corrected chi connectivity index (χ1v) is 8.71. The smallest absolute Gasteiger partial charge is 0.202 e. The SMILES string of the molecule is CC(C)CNc1nc(C2CCC(C(C)(C)C)CC2)ns1. The second-order valence-corrected chi connectivity index (χ2v) is 8.40. The standard InChI is InChI=1S/C16H29N3S/c1-11(2)10-17-15-18-14(19-20-15)12-6-8-13(9-7-12)16(3,4)5/h11-13H,6-10H2,1-5H3,(H,17,18,19). The van der Waals surface area contributed by atoms with Crippen molar-refractivity contribution in [3.8, 4) is 0 Å². The first-order valence-electron chi connectivity index (χ1n) is 7.93. The van der Waals surface area contributed by atoms with Gasteiger partial charge in [0.05, 0.1) is 0 Å². The summed E-state index contributed by atoms with van der Waals surface area (Å²) in [5.74, 6) is 3.16. The van der Waals surface area contributed by atoms with Gasteiger partial charge in [0.15, 0.2) is 0 Å². The van der Waals surface area contributed by atoms with Gasteiger partial charge in [-0.25, -0.2) is 4.98 Å². The van der Waals surface area contributed by atoms with Gasteiger partial charge in [0.1, 0.15) is 5.82 Å². The van der Waals surface area contributed by atoms with Crippen LogP contribution in [0.5, 0.6) is 0 Å². The van der Waals surface area contributed by atoms with Crippen LogP contribution >= 0.6 is 11.5 Å². The number of aromatic nitrogens is 2. The van der Waals surface area contributed by atoms with Gasteiger partial charge >= 0.3 is 0 Å². The molecule has 0 aromatic carbocycles. The summed E-state index contributed by atoms with van der Waals surface area (Å²) >= 11 is 1.52. The number of anilines is 1. The third-order valence-electron chi connectivity index (χ3n) is 4.42.